The number of hydrogen-bond donors (Lipinski definition) is 1. The molecule has 4 heteroatoms. The predicted molar refractivity (Wildman–Crippen MR) is 87.6 cm³/mol. The molecule has 1 nitrogen and oxygen atoms in total. The molecule has 0 heterocycles. The third-order valence-corrected chi connectivity index (χ3v) is 4.71. The van der Waals surface area contributed by atoms with Crippen LogP contribution in [0.2, 0.25) is 0 Å². The van der Waals surface area contributed by atoms with Crippen LogP contribution >= 0.6 is 27.7 Å². The quantitative estimate of drug-likeness (QED) is 0.745. The molecule has 2 rings (SSSR count). The largest absolute Gasteiger partial charge is 0.306 e. The first-order valence-corrected chi connectivity index (χ1v) is 8.43. The molecule has 0 spiro atoms. The second-order valence-corrected chi connectivity index (χ2v) is 6.35. The van der Waals surface area contributed by atoms with Gasteiger partial charge in [-0.05, 0) is 48.6 Å². The lowest BCUT2D eigenvalue weighted by Crippen LogP contribution is -2.18. The standard InChI is InChI=1S/C16H17BrFNS/c1-11(12-4-7-15(20-2)8-5-12)19-10-13-3-6-14(18)9-16(13)17/h3-9,11,19H,10H2,1-2H3. The smallest absolute Gasteiger partial charge is 0.124 e. The van der Waals surface area contributed by atoms with Gasteiger partial charge in [0.1, 0.15) is 5.82 Å². The van der Waals surface area contributed by atoms with Crippen molar-refractivity contribution in [1.82, 2.24) is 5.32 Å². The molecule has 0 aliphatic carbocycles. The second kappa shape index (κ2) is 7.25. The molecule has 0 saturated carbocycles. The van der Waals surface area contributed by atoms with E-state index in [-0.39, 0.29) is 11.9 Å². The van der Waals surface area contributed by atoms with Crippen LogP contribution in [0.5, 0.6) is 0 Å². The Morgan fingerprint density at radius 3 is 2.50 bits per heavy atom. The number of thioether (sulfide) groups is 1. The first kappa shape index (κ1) is 15.5. The molecule has 0 bridgehead atoms. The summed E-state index contributed by atoms with van der Waals surface area (Å²) in [4.78, 5) is 1.27. The van der Waals surface area contributed by atoms with Gasteiger partial charge in [0.2, 0.25) is 0 Å². The molecule has 0 amide bonds. The van der Waals surface area contributed by atoms with Gasteiger partial charge in [-0.2, -0.15) is 0 Å². The lowest BCUT2D eigenvalue weighted by Gasteiger charge is -2.15. The van der Waals surface area contributed by atoms with Gasteiger partial charge in [-0.1, -0.05) is 34.1 Å². The van der Waals surface area contributed by atoms with E-state index in [1.54, 1.807) is 17.8 Å². The maximum Gasteiger partial charge on any atom is 0.124 e. The Hall–Kier alpha value is -0.840. The molecule has 0 radical (unpaired) electrons. The van der Waals surface area contributed by atoms with E-state index in [9.17, 15) is 4.39 Å². The summed E-state index contributed by atoms with van der Waals surface area (Å²) in [5, 5.41) is 3.45. The molecule has 1 atom stereocenters. The minimum Gasteiger partial charge on any atom is -0.306 e. The zero-order chi connectivity index (χ0) is 14.5. The summed E-state index contributed by atoms with van der Waals surface area (Å²) in [6, 6.07) is 13.6. The van der Waals surface area contributed by atoms with Crippen LogP contribution in [0.1, 0.15) is 24.1 Å². The fourth-order valence-electron chi connectivity index (χ4n) is 1.94. The Labute approximate surface area is 132 Å². The molecule has 0 aromatic heterocycles. The molecule has 2 aromatic carbocycles. The summed E-state index contributed by atoms with van der Waals surface area (Å²) in [5.74, 6) is -0.221. The molecule has 20 heavy (non-hydrogen) atoms. The summed E-state index contributed by atoms with van der Waals surface area (Å²) in [6.45, 7) is 2.83. The van der Waals surface area contributed by atoms with Crippen LogP contribution < -0.4 is 5.32 Å². The third-order valence-electron chi connectivity index (χ3n) is 3.23. The lowest BCUT2D eigenvalue weighted by molar-refractivity contribution is 0.571. The Kier molecular flexibility index (Phi) is 5.64. The van der Waals surface area contributed by atoms with Crippen molar-refractivity contribution in [2.45, 2.75) is 24.4 Å². The monoisotopic (exact) mass is 353 g/mol. The fourth-order valence-corrected chi connectivity index (χ4v) is 2.84. The highest BCUT2D eigenvalue weighted by Crippen LogP contribution is 2.21. The van der Waals surface area contributed by atoms with Crippen molar-refractivity contribution in [3.63, 3.8) is 0 Å². The molecule has 1 N–H and O–H groups in total. The minimum absolute atomic E-state index is 0.221. The van der Waals surface area contributed by atoms with Gasteiger partial charge in [0.15, 0.2) is 0 Å². The van der Waals surface area contributed by atoms with Gasteiger partial charge in [-0.15, -0.1) is 11.8 Å². The molecular weight excluding hydrogens is 337 g/mol. The summed E-state index contributed by atoms with van der Waals surface area (Å²) in [5.41, 5.74) is 2.31. The zero-order valence-electron chi connectivity index (χ0n) is 11.5. The van der Waals surface area contributed by atoms with Crippen molar-refractivity contribution in [3.8, 4) is 0 Å². The summed E-state index contributed by atoms with van der Waals surface area (Å²) < 4.78 is 13.8. The van der Waals surface area contributed by atoms with Crippen LogP contribution in [0.3, 0.4) is 0 Å². The fraction of sp³-hybridized carbons (Fsp3) is 0.250. The van der Waals surface area contributed by atoms with E-state index in [0.717, 1.165) is 10.0 Å². The van der Waals surface area contributed by atoms with E-state index >= 15 is 0 Å². The van der Waals surface area contributed by atoms with Gasteiger partial charge in [-0.3, -0.25) is 0 Å². The van der Waals surface area contributed by atoms with Crippen LogP contribution in [0.15, 0.2) is 51.8 Å². The Bertz CT molecular complexity index is 571. The van der Waals surface area contributed by atoms with Crippen molar-refractivity contribution in [2.24, 2.45) is 0 Å². The maximum atomic E-state index is 13.0. The highest BCUT2D eigenvalue weighted by atomic mass is 79.9. The average molecular weight is 354 g/mol. The van der Waals surface area contributed by atoms with Crippen molar-refractivity contribution in [2.75, 3.05) is 6.26 Å². The van der Waals surface area contributed by atoms with E-state index < -0.39 is 0 Å². The highest BCUT2D eigenvalue weighted by Gasteiger charge is 2.07. The number of nitrogens with one attached hydrogen (secondary N) is 1. The van der Waals surface area contributed by atoms with E-state index in [4.69, 9.17) is 0 Å². The van der Waals surface area contributed by atoms with Gasteiger partial charge in [0.25, 0.3) is 0 Å². The first-order valence-electron chi connectivity index (χ1n) is 6.41. The van der Waals surface area contributed by atoms with E-state index in [1.165, 1.54) is 22.6 Å². The molecule has 0 aliphatic rings. The molecule has 0 aliphatic heterocycles. The molecule has 0 saturated heterocycles. The molecule has 1 unspecified atom stereocenters. The topological polar surface area (TPSA) is 12.0 Å². The summed E-state index contributed by atoms with van der Waals surface area (Å²) in [6.07, 6.45) is 2.07. The third kappa shape index (κ3) is 4.08. The van der Waals surface area contributed by atoms with Crippen molar-refractivity contribution < 1.29 is 4.39 Å². The normalized spacial score (nSPS) is 12.4. The maximum absolute atomic E-state index is 13.0. The van der Waals surface area contributed by atoms with Crippen molar-refractivity contribution >= 4 is 27.7 Å². The molecule has 106 valence electrons. The number of halogens is 2. The number of rotatable bonds is 5. The predicted octanol–water partition coefficient (Wildman–Crippen LogP) is 5.16. The Morgan fingerprint density at radius 2 is 1.90 bits per heavy atom. The number of hydrogen-bond acceptors (Lipinski definition) is 2. The number of benzene rings is 2. The van der Waals surface area contributed by atoms with Gasteiger partial charge < -0.3 is 5.32 Å². The van der Waals surface area contributed by atoms with Crippen molar-refractivity contribution in [3.05, 3.63) is 63.9 Å². The Balaban J connectivity index is 1.98. The van der Waals surface area contributed by atoms with Gasteiger partial charge in [0, 0.05) is 22.0 Å². The SMILES string of the molecule is CSc1ccc(C(C)NCc2ccc(F)cc2Br)cc1. The highest BCUT2D eigenvalue weighted by molar-refractivity contribution is 9.10. The van der Waals surface area contributed by atoms with E-state index in [0.29, 0.717) is 6.54 Å². The van der Waals surface area contributed by atoms with Crippen LogP contribution in [0.25, 0.3) is 0 Å². The van der Waals surface area contributed by atoms with Crippen molar-refractivity contribution in [1.29, 1.82) is 0 Å². The molecular formula is C16H17BrFNS. The van der Waals surface area contributed by atoms with E-state index in [2.05, 4.69) is 58.7 Å². The van der Waals surface area contributed by atoms with Gasteiger partial charge in [0.05, 0.1) is 0 Å². The van der Waals surface area contributed by atoms with Crippen LogP contribution in [-0.2, 0) is 6.54 Å². The minimum atomic E-state index is -0.221. The zero-order valence-corrected chi connectivity index (χ0v) is 13.9. The average Bonchev–Trinajstić information content (AvgIpc) is 2.46. The van der Waals surface area contributed by atoms with Gasteiger partial charge >= 0.3 is 0 Å². The summed E-state index contributed by atoms with van der Waals surface area (Å²) >= 11 is 5.13. The van der Waals surface area contributed by atoms with Crippen LogP contribution in [-0.4, -0.2) is 6.26 Å². The van der Waals surface area contributed by atoms with Gasteiger partial charge in [-0.25, -0.2) is 4.39 Å². The molecule has 0 fully saturated rings. The van der Waals surface area contributed by atoms with E-state index in [1.807, 2.05) is 0 Å². The lowest BCUT2D eigenvalue weighted by atomic mass is 10.1. The second-order valence-electron chi connectivity index (χ2n) is 4.61. The van der Waals surface area contributed by atoms with Crippen LogP contribution in [0.4, 0.5) is 4.39 Å². The first-order chi connectivity index (χ1) is 9.60. The Morgan fingerprint density at radius 1 is 1.20 bits per heavy atom. The molecule has 2 aromatic rings. The summed E-state index contributed by atoms with van der Waals surface area (Å²) in [7, 11) is 0. The van der Waals surface area contributed by atoms with Crippen LogP contribution in [0, 0.1) is 5.82 Å².